The van der Waals surface area contributed by atoms with Gasteiger partial charge >= 0.3 is 5.97 Å². The standard InChI is InChI=1S/C13H12N4O3S/c1-6-3-8(20-17-6)4-14-11-9-7(2)10(13(18)19)21-12(9)16-5-15-11/h3,5H,4H2,1-2H3,(H,18,19)(H,14,15,16). The highest BCUT2D eigenvalue weighted by atomic mass is 32.1. The van der Waals surface area contributed by atoms with E-state index < -0.39 is 5.97 Å². The van der Waals surface area contributed by atoms with Gasteiger partial charge < -0.3 is 14.9 Å². The maximum absolute atomic E-state index is 11.2. The van der Waals surface area contributed by atoms with Gasteiger partial charge in [0.05, 0.1) is 17.6 Å². The van der Waals surface area contributed by atoms with Crippen molar-refractivity contribution in [1.29, 1.82) is 0 Å². The minimum atomic E-state index is -0.952. The van der Waals surface area contributed by atoms with E-state index in [0.717, 1.165) is 22.4 Å². The number of aromatic nitrogens is 3. The first-order chi connectivity index (χ1) is 10.1. The number of nitrogens with one attached hydrogen (secondary N) is 1. The van der Waals surface area contributed by atoms with Gasteiger partial charge in [-0.15, -0.1) is 11.3 Å². The lowest BCUT2D eigenvalue weighted by atomic mass is 10.2. The first kappa shape index (κ1) is 13.5. The second-order valence-electron chi connectivity index (χ2n) is 4.55. The maximum Gasteiger partial charge on any atom is 0.346 e. The van der Waals surface area contributed by atoms with Crippen LogP contribution in [0.1, 0.15) is 26.7 Å². The number of fused-ring (bicyclic) bond motifs is 1. The molecule has 108 valence electrons. The number of aryl methyl sites for hydroxylation is 2. The van der Waals surface area contributed by atoms with Gasteiger partial charge in [0.25, 0.3) is 0 Å². The summed E-state index contributed by atoms with van der Waals surface area (Å²) >= 11 is 1.15. The Hall–Kier alpha value is -2.48. The smallest absolute Gasteiger partial charge is 0.346 e. The van der Waals surface area contributed by atoms with Gasteiger partial charge in [0, 0.05) is 6.07 Å². The number of carboxylic acid groups (broad SMARTS) is 1. The number of hydrogen-bond acceptors (Lipinski definition) is 7. The second kappa shape index (κ2) is 5.13. The molecule has 3 aromatic rings. The molecule has 3 heterocycles. The molecule has 0 unspecified atom stereocenters. The van der Waals surface area contributed by atoms with Crippen LogP contribution in [-0.4, -0.2) is 26.2 Å². The third-order valence-corrected chi connectivity index (χ3v) is 4.22. The molecule has 0 aliphatic heterocycles. The molecule has 8 heteroatoms. The van der Waals surface area contributed by atoms with Gasteiger partial charge in [0.15, 0.2) is 5.76 Å². The molecule has 0 fully saturated rings. The van der Waals surface area contributed by atoms with Crippen LogP contribution in [0.2, 0.25) is 0 Å². The van der Waals surface area contributed by atoms with Crippen molar-refractivity contribution < 1.29 is 14.4 Å². The number of thiophene rings is 1. The fourth-order valence-electron chi connectivity index (χ4n) is 2.08. The van der Waals surface area contributed by atoms with Gasteiger partial charge in [0.1, 0.15) is 21.9 Å². The zero-order chi connectivity index (χ0) is 15.0. The Labute approximate surface area is 123 Å². The Bertz CT molecular complexity index is 824. The lowest BCUT2D eigenvalue weighted by Gasteiger charge is -2.04. The third-order valence-electron chi connectivity index (χ3n) is 3.03. The summed E-state index contributed by atoms with van der Waals surface area (Å²) in [6, 6.07) is 1.83. The molecule has 0 aliphatic carbocycles. The Morgan fingerprint density at radius 2 is 2.24 bits per heavy atom. The van der Waals surface area contributed by atoms with Crippen molar-refractivity contribution in [2.45, 2.75) is 20.4 Å². The fraction of sp³-hybridized carbons (Fsp3) is 0.231. The number of carboxylic acids is 1. The zero-order valence-electron chi connectivity index (χ0n) is 11.4. The van der Waals surface area contributed by atoms with E-state index in [9.17, 15) is 9.90 Å². The highest BCUT2D eigenvalue weighted by Crippen LogP contribution is 2.33. The van der Waals surface area contributed by atoms with Crippen molar-refractivity contribution in [3.8, 4) is 0 Å². The van der Waals surface area contributed by atoms with Crippen molar-refractivity contribution in [3.05, 3.63) is 34.3 Å². The summed E-state index contributed by atoms with van der Waals surface area (Å²) in [5, 5.41) is 16.9. The lowest BCUT2D eigenvalue weighted by molar-refractivity contribution is 0.0701. The predicted molar refractivity (Wildman–Crippen MR) is 77.7 cm³/mol. The van der Waals surface area contributed by atoms with Gasteiger partial charge in [-0.05, 0) is 19.4 Å². The first-order valence-electron chi connectivity index (χ1n) is 6.19. The average molecular weight is 304 g/mol. The highest BCUT2D eigenvalue weighted by molar-refractivity contribution is 7.20. The normalized spacial score (nSPS) is 11.0. The van der Waals surface area contributed by atoms with E-state index in [2.05, 4.69) is 20.4 Å². The summed E-state index contributed by atoms with van der Waals surface area (Å²) in [7, 11) is 0. The van der Waals surface area contributed by atoms with Crippen molar-refractivity contribution >= 4 is 33.3 Å². The largest absolute Gasteiger partial charge is 0.477 e. The van der Waals surface area contributed by atoms with E-state index in [1.165, 1.54) is 6.33 Å². The van der Waals surface area contributed by atoms with Crippen LogP contribution in [-0.2, 0) is 6.54 Å². The van der Waals surface area contributed by atoms with Crippen LogP contribution in [0.3, 0.4) is 0 Å². The Morgan fingerprint density at radius 1 is 1.43 bits per heavy atom. The SMILES string of the molecule is Cc1cc(CNc2ncnc3sc(C(=O)O)c(C)c23)on1. The van der Waals surface area contributed by atoms with Gasteiger partial charge in [-0.3, -0.25) is 0 Å². The van der Waals surface area contributed by atoms with Crippen molar-refractivity contribution in [2.24, 2.45) is 0 Å². The van der Waals surface area contributed by atoms with E-state index in [1.807, 2.05) is 13.0 Å². The fourth-order valence-corrected chi connectivity index (χ4v) is 3.07. The molecule has 0 bridgehead atoms. The molecule has 0 saturated carbocycles. The van der Waals surface area contributed by atoms with Gasteiger partial charge in [-0.2, -0.15) is 0 Å². The number of nitrogens with zero attached hydrogens (tertiary/aromatic N) is 3. The third kappa shape index (κ3) is 2.45. The average Bonchev–Trinajstić information content (AvgIpc) is 3.01. The molecule has 0 atom stereocenters. The van der Waals surface area contributed by atoms with Crippen LogP contribution >= 0.6 is 11.3 Å². The molecule has 0 spiro atoms. The number of carbonyl (C=O) groups is 1. The zero-order valence-corrected chi connectivity index (χ0v) is 12.2. The second-order valence-corrected chi connectivity index (χ2v) is 5.55. The highest BCUT2D eigenvalue weighted by Gasteiger charge is 2.18. The number of rotatable bonds is 4. The Balaban J connectivity index is 1.96. The lowest BCUT2D eigenvalue weighted by Crippen LogP contribution is -2.02. The molecule has 0 radical (unpaired) electrons. The van der Waals surface area contributed by atoms with E-state index in [0.29, 0.717) is 28.5 Å². The van der Waals surface area contributed by atoms with Crippen LogP contribution in [0.25, 0.3) is 10.2 Å². The Kier molecular flexibility index (Phi) is 3.30. The molecule has 2 N–H and O–H groups in total. The minimum absolute atomic E-state index is 0.282. The monoisotopic (exact) mass is 304 g/mol. The summed E-state index contributed by atoms with van der Waals surface area (Å²) in [4.78, 5) is 20.5. The van der Waals surface area contributed by atoms with Gasteiger partial charge in [-0.25, -0.2) is 14.8 Å². The molecule has 7 nitrogen and oxygen atoms in total. The molecule has 0 amide bonds. The molecule has 0 saturated heterocycles. The molecular formula is C13H12N4O3S. The number of anilines is 1. The quantitative estimate of drug-likeness (QED) is 0.764. The molecule has 21 heavy (non-hydrogen) atoms. The van der Waals surface area contributed by atoms with Crippen LogP contribution in [0.15, 0.2) is 16.9 Å². The van der Waals surface area contributed by atoms with E-state index in [-0.39, 0.29) is 4.88 Å². The van der Waals surface area contributed by atoms with Crippen molar-refractivity contribution in [3.63, 3.8) is 0 Å². The van der Waals surface area contributed by atoms with E-state index >= 15 is 0 Å². The molecule has 0 aliphatic rings. The molecule has 3 aromatic heterocycles. The maximum atomic E-state index is 11.2. The first-order valence-corrected chi connectivity index (χ1v) is 7.01. The molecule has 0 aromatic carbocycles. The van der Waals surface area contributed by atoms with Crippen LogP contribution in [0.4, 0.5) is 5.82 Å². The van der Waals surface area contributed by atoms with E-state index in [1.54, 1.807) is 6.92 Å². The van der Waals surface area contributed by atoms with Crippen LogP contribution in [0.5, 0.6) is 0 Å². The summed E-state index contributed by atoms with van der Waals surface area (Å²) in [5.41, 5.74) is 1.47. The number of hydrogen-bond donors (Lipinski definition) is 2. The van der Waals surface area contributed by atoms with Gasteiger partial charge in [-0.1, -0.05) is 5.16 Å². The van der Waals surface area contributed by atoms with Crippen molar-refractivity contribution in [1.82, 2.24) is 15.1 Å². The Morgan fingerprint density at radius 3 is 2.90 bits per heavy atom. The van der Waals surface area contributed by atoms with Gasteiger partial charge in [0.2, 0.25) is 0 Å². The van der Waals surface area contributed by atoms with Crippen molar-refractivity contribution in [2.75, 3.05) is 5.32 Å². The van der Waals surface area contributed by atoms with E-state index in [4.69, 9.17) is 4.52 Å². The summed E-state index contributed by atoms with van der Waals surface area (Å²) in [5.74, 6) is 0.327. The minimum Gasteiger partial charge on any atom is -0.477 e. The molecule has 3 rings (SSSR count). The topological polar surface area (TPSA) is 101 Å². The summed E-state index contributed by atoms with van der Waals surface area (Å²) in [6.45, 7) is 4.03. The number of aromatic carboxylic acids is 1. The van der Waals surface area contributed by atoms with Crippen LogP contribution in [0, 0.1) is 13.8 Å². The summed E-state index contributed by atoms with van der Waals surface area (Å²) in [6.07, 6.45) is 1.41. The molecular weight excluding hydrogens is 292 g/mol. The van der Waals surface area contributed by atoms with Crippen LogP contribution < -0.4 is 5.32 Å². The predicted octanol–water partition coefficient (Wildman–Crippen LogP) is 2.61. The summed E-state index contributed by atoms with van der Waals surface area (Å²) < 4.78 is 5.12.